The van der Waals surface area contributed by atoms with Crippen molar-refractivity contribution in [3.05, 3.63) is 35.9 Å². The van der Waals surface area contributed by atoms with E-state index in [2.05, 4.69) is 11.9 Å². The highest BCUT2D eigenvalue weighted by Crippen LogP contribution is 2.24. The van der Waals surface area contributed by atoms with Gasteiger partial charge in [-0.15, -0.1) is 0 Å². The second-order valence-corrected chi connectivity index (χ2v) is 4.71. The lowest BCUT2D eigenvalue weighted by molar-refractivity contribution is -0.120. The maximum Gasteiger partial charge on any atom is 0.224 e. The van der Waals surface area contributed by atoms with Crippen LogP contribution in [0.4, 0.5) is 0 Å². The molecule has 1 N–H and O–H groups in total. The molecule has 0 bridgehead atoms. The summed E-state index contributed by atoms with van der Waals surface area (Å²) in [6.07, 6.45) is 0.258. The average Bonchev–Trinajstić information content (AvgIpc) is 2.47. The van der Waals surface area contributed by atoms with Crippen molar-refractivity contribution in [1.82, 2.24) is 5.32 Å². The lowest BCUT2D eigenvalue weighted by Crippen LogP contribution is -2.28. The van der Waals surface area contributed by atoms with Crippen LogP contribution in [-0.4, -0.2) is 39.9 Å². The Bertz CT molecular complexity index is 485. The number of hydrogen-bond acceptors (Lipinski definition) is 4. The molecule has 0 aliphatic rings. The molecule has 0 aliphatic carbocycles. The van der Waals surface area contributed by atoms with Crippen molar-refractivity contribution in [2.24, 2.45) is 0 Å². The van der Waals surface area contributed by atoms with Gasteiger partial charge in [0.25, 0.3) is 0 Å². The van der Waals surface area contributed by atoms with E-state index in [0.717, 1.165) is 11.1 Å². The molecule has 0 fully saturated rings. The van der Waals surface area contributed by atoms with Gasteiger partial charge < -0.3 is 19.5 Å². The predicted molar refractivity (Wildman–Crippen MR) is 81.9 cm³/mol. The molecule has 1 aromatic carbocycles. The molecular weight excluding hydrogens is 270 g/mol. The summed E-state index contributed by atoms with van der Waals surface area (Å²) in [4.78, 5) is 11.9. The SMILES string of the molecule is C=C(C)COCCNC(=O)Cc1ccc(OC)cc1OC. The fourth-order valence-corrected chi connectivity index (χ4v) is 1.74. The van der Waals surface area contributed by atoms with E-state index in [1.165, 1.54) is 0 Å². The fraction of sp³-hybridized carbons (Fsp3) is 0.438. The largest absolute Gasteiger partial charge is 0.497 e. The van der Waals surface area contributed by atoms with Gasteiger partial charge in [0.15, 0.2) is 0 Å². The molecule has 116 valence electrons. The van der Waals surface area contributed by atoms with Crippen molar-refractivity contribution >= 4 is 5.91 Å². The maximum atomic E-state index is 11.9. The van der Waals surface area contributed by atoms with Gasteiger partial charge >= 0.3 is 0 Å². The number of methoxy groups -OCH3 is 2. The number of hydrogen-bond donors (Lipinski definition) is 1. The summed E-state index contributed by atoms with van der Waals surface area (Å²) in [5, 5.41) is 2.80. The Hall–Kier alpha value is -2.01. The van der Waals surface area contributed by atoms with E-state index < -0.39 is 0 Å². The summed E-state index contributed by atoms with van der Waals surface area (Å²) in [6, 6.07) is 5.40. The standard InChI is InChI=1S/C16H23NO4/c1-12(2)11-21-8-7-17-16(18)9-13-5-6-14(19-3)10-15(13)20-4/h5-6,10H,1,7-9,11H2,2-4H3,(H,17,18). The lowest BCUT2D eigenvalue weighted by Gasteiger charge is -2.11. The Balaban J connectivity index is 2.42. The van der Waals surface area contributed by atoms with Crippen LogP contribution in [0.3, 0.4) is 0 Å². The Labute approximate surface area is 125 Å². The van der Waals surface area contributed by atoms with Crippen LogP contribution < -0.4 is 14.8 Å². The zero-order valence-electron chi connectivity index (χ0n) is 12.9. The minimum absolute atomic E-state index is 0.0719. The summed E-state index contributed by atoms with van der Waals surface area (Å²) in [5.41, 5.74) is 1.78. The molecule has 0 atom stereocenters. The maximum absolute atomic E-state index is 11.9. The second kappa shape index (κ2) is 9.02. The van der Waals surface area contributed by atoms with Crippen LogP contribution in [0.1, 0.15) is 12.5 Å². The highest BCUT2D eigenvalue weighted by Gasteiger charge is 2.09. The predicted octanol–water partition coefficient (Wildman–Crippen LogP) is 1.96. The molecule has 1 rings (SSSR count). The van der Waals surface area contributed by atoms with Crippen LogP contribution in [0.25, 0.3) is 0 Å². The first-order valence-corrected chi connectivity index (χ1v) is 6.76. The smallest absolute Gasteiger partial charge is 0.224 e. The van der Waals surface area contributed by atoms with E-state index in [0.29, 0.717) is 31.3 Å². The molecule has 0 saturated heterocycles. The molecule has 5 heteroatoms. The number of carbonyl (C=O) groups is 1. The molecule has 1 amide bonds. The van der Waals surface area contributed by atoms with Gasteiger partial charge in [-0.1, -0.05) is 18.2 Å². The molecule has 5 nitrogen and oxygen atoms in total. The van der Waals surface area contributed by atoms with Crippen molar-refractivity contribution in [2.75, 3.05) is 34.0 Å². The van der Waals surface area contributed by atoms with Gasteiger partial charge in [-0.05, 0) is 13.0 Å². The van der Waals surface area contributed by atoms with E-state index in [1.807, 2.05) is 13.0 Å². The molecule has 21 heavy (non-hydrogen) atoms. The first-order valence-electron chi connectivity index (χ1n) is 6.76. The summed E-state index contributed by atoms with van der Waals surface area (Å²) < 4.78 is 15.7. The van der Waals surface area contributed by atoms with E-state index in [1.54, 1.807) is 26.4 Å². The van der Waals surface area contributed by atoms with Crippen LogP contribution in [0.5, 0.6) is 11.5 Å². The van der Waals surface area contributed by atoms with Crippen LogP contribution in [0.2, 0.25) is 0 Å². The molecule has 0 radical (unpaired) electrons. The first-order chi connectivity index (χ1) is 10.1. The topological polar surface area (TPSA) is 56.8 Å². The zero-order chi connectivity index (χ0) is 15.7. The van der Waals surface area contributed by atoms with Gasteiger partial charge in [0.1, 0.15) is 11.5 Å². The highest BCUT2D eigenvalue weighted by atomic mass is 16.5. The summed E-state index contributed by atoms with van der Waals surface area (Å²) in [5.74, 6) is 1.27. The van der Waals surface area contributed by atoms with Gasteiger partial charge in [0.05, 0.1) is 33.9 Å². The minimum Gasteiger partial charge on any atom is -0.497 e. The van der Waals surface area contributed by atoms with Gasteiger partial charge in [-0.2, -0.15) is 0 Å². The fourth-order valence-electron chi connectivity index (χ4n) is 1.74. The molecular formula is C16H23NO4. The van der Waals surface area contributed by atoms with Crippen molar-refractivity contribution in [3.63, 3.8) is 0 Å². The molecule has 0 aliphatic heterocycles. The van der Waals surface area contributed by atoms with Crippen LogP contribution >= 0.6 is 0 Å². The first kappa shape index (κ1) is 17.0. The van der Waals surface area contributed by atoms with Crippen LogP contribution in [-0.2, 0) is 16.0 Å². The van der Waals surface area contributed by atoms with E-state index >= 15 is 0 Å². The third-order valence-corrected chi connectivity index (χ3v) is 2.76. The molecule has 0 spiro atoms. The number of benzene rings is 1. The normalized spacial score (nSPS) is 10.0. The highest BCUT2D eigenvalue weighted by molar-refractivity contribution is 5.79. The molecule has 1 aromatic rings. The van der Waals surface area contributed by atoms with E-state index in [-0.39, 0.29) is 12.3 Å². The molecule has 0 saturated carbocycles. The summed E-state index contributed by atoms with van der Waals surface area (Å²) in [7, 11) is 3.16. The third-order valence-electron chi connectivity index (χ3n) is 2.76. The Morgan fingerprint density at radius 2 is 2.05 bits per heavy atom. The van der Waals surface area contributed by atoms with Crippen molar-refractivity contribution < 1.29 is 19.0 Å². The van der Waals surface area contributed by atoms with Gasteiger partial charge in [0.2, 0.25) is 5.91 Å². The van der Waals surface area contributed by atoms with Gasteiger partial charge in [0, 0.05) is 18.2 Å². The molecule has 0 unspecified atom stereocenters. The Kier molecular flexibility index (Phi) is 7.32. The number of carbonyl (C=O) groups excluding carboxylic acids is 1. The molecule has 0 aromatic heterocycles. The number of rotatable bonds is 9. The van der Waals surface area contributed by atoms with E-state index in [9.17, 15) is 4.79 Å². The molecule has 0 heterocycles. The Morgan fingerprint density at radius 1 is 1.29 bits per heavy atom. The number of ether oxygens (including phenoxy) is 3. The van der Waals surface area contributed by atoms with Crippen LogP contribution in [0.15, 0.2) is 30.4 Å². The zero-order valence-corrected chi connectivity index (χ0v) is 12.9. The number of nitrogens with one attached hydrogen (secondary N) is 1. The monoisotopic (exact) mass is 293 g/mol. The van der Waals surface area contributed by atoms with Crippen molar-refractivity contribution in [3.8, 4) is 11.5 Å². The summed E-state index contributed by atoms with van der Waals surface area (Å²) >= 11 is 0. The third kappa shape index (κ3) is 6.31. The minimum atomic E-state index is -0.0719. The summed E-state index contributed by atoms with van der Waals surface area (Å²) in [6.45, 7) is 7.10. The van der Waals surface area contributed by atoms with Crippen molar-refractivity contribution in [1.29, 1.82) is 0 Å². The Morgan fingerprint density at radius 3 is 2.67 bits per heavy atom. The van der Waals surface area contributed by atoms with Crippen LogP contribution in [0, 0.1) is 0 Å². The van der Waals surface area contributed by atoms with Gasteiger partial charge in [-0.3, -0.25) is 4.79 Å². The lowest BCUT2D eigenvalue weighted by atomic mass is 10.1. The second-order valence-electron chi connectivity index (χ2n) is 4.71. The van der Waals surface area contributed by atoms with E-state index in [4.69, 9.17) is 14.2 Å². The quantitative estimate of drug-likeness (QED) is 0.558. The van der Waals surface area contributed by atoms with Gasteiger partial charge in [-0.25, -0.2) is 0 Å². The van der Waals surface area contributed by atoms with Crippen molar-refractivity contribution in [2.45, 2.75) is 13.3 Å². The average molecular weight is 293 g/mol. The number of amides is 1.